The van der Waals surface area contributed by atoms with E-state index >= 15 is 0 Å². The van der Waals surface area contributed by atoms with E-state index in [2.05, 4.69) is 11.9 Å². The Kier molecular flexibility index (Phi) is 4.93. The van der Waals surface area contributed by atoms with Crippen molar-refractivity contribution in [1.29, 1.82) is 0 Å². The molecule has 0 aromatic heterocycles. The van der Waals surface area contributed by atoms with Crippen molar-refractivity contribution < 1.29 is 14.3 Å². The first-order valence-electron chi connectivity index (χ1n) is 6.92. The summed E-state index contributed by atoms with van der Waals surface area (Å²) in [6.45, 7) is 3.42. The number of aldehydes is 1. The molecule has 0 radical (unpaired) electrons. The lowest BCUT2D eigenvalue weighted by atomic mass is 9.98. The fraction of sp³-hybridized carbons (Fsp3) is 0.375. The van der Waals surface area contributed by atoms with Crippen molar-refractivity contribution in [2.75, 3.05) is 5.32 Å². The topological polar surface area (TPSA) is 55.4 Å². The average Bonchev–Trinajstić information content (AvgIpc) is 2.50. The molecule has 0 atom stereocenters. The second kappa shape index (κ2) is 6.89. The van der Waals surface area contributed by atoms with Crippen LogP contribution in [0.4, 0.5) is 5.69 Å². The highest BCUT2D eigenvalue weighted by Gasteiger charge is 2.17. The van der Waals surface area contributed by atoms with Gasteiger partial charge in [0.15, 0.2) is 0 Å². The highest BCUT2D eigenvalue weighted by atomic mass is 16.5. The molecule has 0 unspecified atom stereocenters. The molecule has 2 rings (SSSR count). The Morgan fingerprint density at radius 1 is 1.30 bits per heavy atom. The molecule has 0 bridgehead atoms. The normalized spacial score (nSPS) is 15.4. The fourth-order valence-electron chi connectivity index (χ4n) is 2.37. The summed E-state index contributed by atoms with van der Waals surface area (Å²) in [5, 5.41) is 2.68. The second-order valence-electron chi connectivity index (χ2n) is 4.94. The van der Waals surface area contributed by atoms with Crippen LogP contribution in [0.3, 0.4) is 0 Å². The van der Waals surface area contributed by atoms with Gasteiger partial charge in [-0.25, -0.2) is 0 Å². The molecule has 1 aromatic rings. The van der Waals surface area contributed by atoms with Gasteiger partial charge >= 0.3 is 0 Å². The number of carbonyl (C=O) groups is 2. The summed E-state index contributed by atoms with van der Waals surface area (Å²) in [6, 6.07) is 5.04. The number of anilines is 1. The van der Waals surface area contributed by atoms with E-state index in [1.54, 1.807) is 18.2 Å². The van der Waals surface area contributed by atoms with E-state index in [4.69, 9.17) is 4.74 Å². The number of amides is 1. The first kappa shape index (κ1) is 14.3. The van der Waals surface area contributed by atoms with E-state index < -0.39 is 0 Å². The van der Waals surface area contributed by atoms with Crippen molar-refractivity contribution in [1.82, 2.24) is 0 Å². The lowest BCUT2D eigenvalue weighted by Crippen LogP contribution is -2.20. The van der Waals surface area contributed by atoms with Crippen molar-refractivity contribution in [2.45, 2.75) is 38.2 Å². The van der Waals surface area contributed by atoms with E-state index in [1.165, 1.54) is 25.3 Å². The number of benzene rings is 1. The van der Waals surface area contributed by atoms with Gasteiger partial charge in [0, 0.05) is 5.56 Å². The maximum Gasteiger partial charge on any atom is 0.247 e. The smallest absolute Gasteiger partial charge is 0.247 e. The lowest BCUT2D eigenvalue weighted by Gasteiger charge is -2.24. The van der Waals surface area contributed by atoms with E-state index in [0.29, 0.717) is 17.0 Å². The number of nitrogens with one attached hydrogen (secondary N) is 1. The molecule has 0 aliphatic heterocycles. The zero-order valence-electron chi connectivity index (χ0n) is 11.4. The molecule has 1 aromatic carbocycles. The van der Waals surface area contributed by atoms with Gasteiger partial charge in [0.1, 0.15) is 12.0 Å². The quantitative estimate of drug-likeness (QED) is 0.661. The molecule has 1 saturated carbocycles. The van der Waals surface area contributed by atoms with Crippen LogP contribution in [0.2, 0.25) is 0 Å². The second-order valence-corrected chi connectivity index (χ2v) is 4.94. The number of hydrogen-bond donors (Lipinski definition) is 1. The molecule has 106 valence electrons. The van der Waals surface area contributed by atoms with Crippen LogP contribution in [0.15, 0.2) is 30.9 Å². The summed E-state index contributed by atoms with van der Waals surface area (Å²) in [6.07, 6.45) is 7.78. The average molecular weight is 273 g/mol. The third-order valence-corrected chi connectivity index (χ3v) is 3.43. The van der Waals surface area contributed by atoms with Gasteiger partial charge in [-0.05, 0) is 50.0 Å². The number of rotatable bonds is 5. The van der Waals surface area contributed by atoms with Gasteiger partial charge in [0.25, 0.3) is 0 Å². The molecular formula is C16H19NO3. The molecule has 4 nitrogen and oxygen atoms in total. The minimum Gasteiger partial charge on any atom is -0.488 e. The summed E-state index contributed by atoms with van der Waals surface area (Å²) in [5.74, 6) is 0.291. The number of hydrogen-bond acceptors (Lipinski definition) is 3. The largest absolute Gasteiger partial charge is 0.488 e. The van der Waals surface area contributed by atoms with Crippen LogP contribution in [0, 0.1) is 0 Å². The number of ether oxygens (including phenoxy) is 1. The monoisotopic (exact) mass is 273 g/mol. The van der Waals surface area contributed by atoms with Gasteiger partial charge in [-0.15, -0.1) is 0 Å². The summed E-state index contributed by atoms with van der Waals surface area (Å²) in [4.78, 5) is 22.3. The summed E-state index contributed by atoms with van der Waals surface area (Å²) >= 11 is 0. The van der Waals surface area contributed by atoms with Gasteiger partial charge in [0.05, 0.1) is 11.8 Å². The zero-order chi connectivity index (χ0) is 14.4. The predicted octanol–water partition coefficient (Wildman–Crippen LogP) is 3.34. The van der Waals surface area contributed by atoms with Crippen LogP contribution in [0.5, 0.6) is 5.75 Å². The van der Waals surface area contributed by atoms with Crippen molar-refractivity contribution in [3.63, 3.8) is 0 Å². The van der Waals surface area contributed by atoms with Gasteiger partial charge in [0.2, 0.25) is 5.91 Å². The molecule has 20 heavy (non-hydrogen) atoms. The van der Waals surface area contributed by atoms with E-state index in [1.807, 2.05) is 0 Å². The highest BCUT2D eigenvalue weighted by Crippen LogP contribution is 2.30. The molecule has 1 aliphatic rings. The third kappa shape index (κ3) is 3.70. The first-order chi connectivity index (χ1) is 9.72. The summed E-state index contributed by atoms with van der Waals surface area (Å²) in [5.41, 5.74) is 1.02. The van der Waals surface area contributed by atoms with E-state index in [-0.39, 0.29) is 12.0 Å². The molecule has 1 aliphatic carbocycles. The van der Waals surface area contributed by atoms with Crippen LogP contribution >= 0.6 is 0 Å². The molecule has 0 heterocycles. The minimum absolute atomic E-state index is 0.185. The van der Waals surface area contributed by atoms with Crippen molar-refractivity contribution in [3.8, 4) is 5.75 Å². The molecular weight excluding hydrogens is 254 g/mol. The van der Waals surface area contributed by atoms with Crippen molar-refractivity contribution >= 4 is 17.9 Å². The summed E-state index contributed by atoms with van der Waals surface area (Å²) < 4.78 is 5.97. The van der Waals surface area contributed by atoms with Crippen LogP contribution in [-0.2, 0) is 4.79 Å². The maximum atomic E-state index is 11.5. The zero-order valence-corrected chi connectivity index (χ0v) is 11.4. The molecule has 0 saturated heterocycles. The van der Waals surface area contributed by atoms with Gasteiger partial charge in [-0.2, -0.15) is 0 Å². The Balaban J connectivity index is 2.18. The first-order valence-corrected chi connectivity index (χ1v) is 6.92. The van der Waals surface area contributed by atoms with E-state index in [0.717, 1.165) is 19.1 Å². The van der Waals surface area contributed by atoms with Crippen molar-refractivity contribution in [2.24, 2.45) is 0 Å². The molecule has 1 amide bonds. The highest BCUT2D eigenvalue weighted by molar-refractivity contribution is 6.00. The van der Waals surface area contributed by atoms with Crippen LogP contribution in [0.1, 0.15) is 42.5 Å². The SMILES string of the molecule is C=CC(=O)Nc1cc(C=O)ccc1OC1CCCCC1. The predicted molar refractivity (Wildman–Crippen MR) is 78.2 cm³/mol. The lowest BCUT2D eigenvalue weighted by molar-refractivity contribution is -0.111. The summed E-state index contributed by atoms with van der Waals surface area (Å²) in [7, 11) is 0. The standard InChI is InChI=1S/C16H19NO3/c1-2-16(19)17-14-10-12(11-18)8-9-15(14)20-13-6-4-3-5-7-13/h2,8-11,13H,1,3-7H2,(H,17,19). The van der Waals surface area contributed by atoms with Crippen LogP contribution in [-0.4, -0.2) is 18.3 Å². The maximum absolute atomic E-state index is 11.5. The van der Waals surface area contributed by atoms with Crippen molar-refractivity contribution in [3.05, 3.63) is 36.4 Å². The molecule has 1 N–H and O–H groups in total. The fourth-order valence-corrected chi connectivity index (χ4v) is 2.37. The Bertz CT molecular complexity index is 504. The van der Waals surface area contributed by atoms with Crippen LogP contribution < -0.4 is 10.1 Å². The molecule has 0 spiro atoms. The Morgan fingerprint density at radius 2 is 2.05 bits per heavy atom. The molecule has 1 fully saturated rings. The molecule has 4 heteroatoms. The van der Waals surface area contributed by atoms with E-state index in [9.17, 15) is 9.59 Å². The van der Waals surface area contributed by atoms with Gasteiger partial charge < -0.3 is 10.1 Å². The number of carbonyl (C=O) groups excluding carboxylic acids is 2. The Labute approximate surface area is 118 Å². The van der Waals surface area contributed by atoms with Gasteiger partial charge in [-0.1, -0.05) is 13.0 Å². The Hall–Kier alpha value is -2.10. The van der Waals surface area contributed by atoms with Crippen LogP contribution in [0.25, 0.3) is 0 Å². The Morgan fingerprint density at radius 3 is 2.70 bits per heavy atom. The third-order valence-electron chi connectivity index (χ3n) is 3.43. The minimum atomic E-state index is -0.318. The van der Waals surface area contributed by atoms with Gasteiger partial charge in [-0.3, -0.25) is 9.59 Å².